The molecule has 3 amide bonds. The van der Waals surface area contributed by atoms with Gasteiger partial charge in [-0.3, -0.25) is 4.79 Å². The fourth-order valence-corrected chi connectivity index (χ4v) is 2.09. The fraction of sp³-hybridized carbons (Fsp3) is 0.550. The number of carbonyl (C=O) groups is 3. The Labute approximate surface area is 166 Å². The summed E-state index contributed by atoms with van der Waals surface area (Å²) in [4.78, 5) is 35.7. The Hall–Kier alpha value is -2.77. The van der Waals surface area contributed by atoms with Gasteiger partial charge >= 0.3 is 12.2 Å². The topological polar surface area (TPSA) is 106 Å². The number of nitrogens with one attached hydrogen (secondary N) is 3. The van der Waals surface area contributed by atoms with Gasteiger partial charge in [0.2, 0.25) is 5.91 Å². The molecule has 0 radical (unpaired) electrons. The lowest BCUT2D eigenvalue weighted by Crippen LogP contribution is -2.55. The Morgan fingerprint density at radius 1 is 0.893 bits per heavy atom. The Bertz CT molecular complexity index is 654. The van der Waals surface area contributed by atoms with Gasteiger partial charge in [0.1, 0.15) is 17.7 Å². The molecule has 8 heteroatoms. The quantitative estimate of drug-likeness (QED) is 0.589. The van der Waals surface area contributed by atoms with Gasteiger partial charge in [0.25, 0.3) is 0 Å². The van der Waals surface area contributed by atoms with Crippen molar-refractivity contribution in [3.63, 3.8) is 0 Å². The standard InChI is InChI=1S/C20H31N3O5/c1-19(2,3)28-17(25)22-13-9-12-21-16(24)20(4,5)23-18(26)27-14-15-10-7-6-8-11-15/h6-8,10-11H,9,12-14H2,1-5H3,(H,21,24)(H,22,25)(H,23,26). The zero-order chi connectivity index (χ0) is 21.2. The summed E-state index contributed by atoms with van der Waals surface area (Å²) in [5, 5.41) is 7.88. The van der Waals surface area contributed by atoms with E-state index in [9.17, 15) is 14.4 Å². The normalized spacial score (nSPS) is 11.3. The molecule has 1 aromatic carbocycles. The van der Waals surface area contributed by atoms with Gasteiger partial charge in [0.05, 0.1) is 0 Å². The highest BCUT2D eigenvalue weighted by atomic mass is 16.6. The van der Waals surface area contributed by atoms with E-state index in [0.29, 0.717) is 19.5 Å². The summed E-state index contributed by atoms with van der Waals surface area (Å²) in [6.07, 6.45) is -0.642. The molecular formula is C20H31N3O5. The van der Waals surface area contributed by atoms with Crippen molar-refractivity contribution in [3.05, 3.63) is 35.9 Å². The second kappa shape index (κ2) is 10.5. The van der Waals surface area contributed by atoms with Gasteiger partial charge in [-0.2, -0.15) is 0 Å². The summed E-state index contributed by atoms with van der Waals surface area (Å²) in [6.45, 7) is 9.37. The van der Waals surface area contributed by atoms with E-state index in [1.807, 2.05) is 30.3 Å². The number of benzene rings is 1. The minimum Gasteiger partial charge on any atom is -0.445 e. The molecule has 0 atom stereocenters. The number of rotatable bonds is 8. The molecule has 8 nitrogen and oxygen atoms in total. The van der Waals surface area contributed by atoms with Crippen molar-refractivity contribution >= 4 is 18.1 Å². The number of hydrogen-bond donors (Lipinski definition) is 3. The number of amides is 3. The van der Waals surface area contributed by atoms with Crippen molar-refractivity contribution < 1.29 is 23.9 Å². The first-order valence-electron chi connectivity index (χ1n) is 9.23. The molecule has 0 unspecified atom stereocenters. The lowest BCUT2D eigenvalue weighted by atomic mass is 10.1. The van der Waals surface area contributed by atoms with Gasteiger partial charge in [0, 0.05) is 13.1 Å². The zero-order valence-corrected chi connectivity index (χ0v) is 17.3. The van der Waals surface area contributed by atoms with Crippen LogP contribution in [0.4, 0.5) is 9.59 Å². The number of hydrogen-bond acceptors (Lipinski definition) is 5. The maximum atomic E-state index is 12.3. The molecule has 0 aliphatic heterocycles. The molecule has 1 aromatic rings. The number of alkyl carbamates (subject to hydrolysis) is 2. The van der Waals surface area contributed by atoms with Crippen LogP contribution in [-0.2, 0) is 20.9 Å². The molecule has 0 bridgehead atoms. The smallest absolute Gasteiger partial charge is 0.408 e. The van der Waals surface area contributed by atoms with Crippen molar-refractivity contribution in [2.45, 2.75) is 58.8 Å². The van der Waals surface area contributed by atoms with E-state index in [1.165, 1.54) is 0 Å². The highest BCUT2D eigenvalue weighted by Crippen LogP contribution is 2.07. The maximum absolute atomic E-state index is 12.3. The van der Waals surface area contributed by atoms with Crippen LogP contribution < -0.4 is 16.0 Å². The molecule has 0 saturated heterocycles. The molecule has 3 N–H and O–H groups in total. The van der Waals surface area contributed by atoms with Crippen molar-refractivity contribution in [2.75, 3.05) is 13.1 Å². The summed E-state index contributed by atoms with van der Waals surface area (Å²) >= 11 is 0. The molecule has 1 rings (SSSR count). The third kappa shape index (κ3) is 9.80. The van der Waals surface area contributed by atoms with Crippen LogP contribution >= 0.6 is 0 Å². The molecule has 0 aromatic heterocycles. The van der Waals surface area contributed by atoms with Gasteiger partial charge in [-0.25, -0.2) is 9.59 Å². The lowest BCUT2D eigenvalue weighted by molar-refractivity contribution is -0.126. The van der Waals surface area contributed by atoms with Gasteiger partial charge < -0.3 is 25.4 Å². The predicted molar refractivity (Wildman–Crippen MR) is 106 cm³/mol. The van der Waals surface area contributed by atoms with Gasteiger partial charge in [-0.05, 0) is 46.6 Å². The minimum atomic E-state index is -1.13. The van der Waals surface area contributed by atoms with Crippen LogP contribution in [-0.4, -0.2) is 42.3 Å². The molecule has 0 fully saturated rings. The Balaban J connectivity index is 2.26. The van der Waals surface area contributed by atoms with E-state index in [2.05, 4.69) is 16.0 Å². The zero-order valence-electron chi connectivity index (χ0n) is 17.3. The van der Waals surface area contributed by atoms with Crippen LogP contribution in [0.1, 0.15) is 46.6 Å². The number of ether oxygens (including phenoxy) is 2. The predicted octanol–water partition coefficient (Wildman–Crippen LogP) is 2.72. The van der Waals surface area contributed by atoms with Crippen molar-refractivity contribution in [3.8, 4) is 0 Å². The largest absolute Gasteiger partial charge is 0.445 e. The third-order valence-corrected chi connectivity index (χ3v) is 3.50. The van der Waals surface area contributed by atoms with Crippen LogP contribution in [0.5, 0.6) is 0 Å². The average molecular weight is 393 g/mol. The molecule has 0 saturated carbocycles. The van der Waals surface area contributed by atoms with Crippen molar-refractivity contribution in [2.24, 2.45) is 0 Å². The lowest BCUT2D eigenvalue weighted by Gasteiger charge is -2.24. The van der Waals surface area contributed by atoms with Gasteiger partial charge in [-0.15, -0.1) is 0 Å². The molecule has 0 heterocycles. The van der Waals surface area contributed by atoms with E-state index in [4.69, 9.17) is 9.47 Å². The first-order valence-corrected chi connectivity index (χ1v) is 9.23. The van der Waals surface area contributed by atoms with Crippen LogP contribution in [0.25, 0.3) is 0 Å². The van der Waals surface area contributed by atoms with Gasteiger partial charge in [0.15, 0.2) is 0 Å². The molecule has 0 aliphatic rings. The maximum Gasteiger partial charge on any atom is 0.408 e. The Kier molecular flexibility index (Phi) is 8.76. The summed E-state index contributed by atoms with van der Waals surface area (Å²) in [5.41, 5.74) is -0.826. The van der Waals surface area contributed by atoms with Crippen LogP contribution in [0.2, 0.25) is 0 Å². The van der Waals surface area contributed by atoms with E-state index in [1.54, 1.807) is 34.6 Å². The fourth-order valence-electron chi connectivity index (χ4n) is 2.09. The van der Waals surface area contributed by atoms with Crippen LogP contribution in [0.15, 0.2) is 30.3 Å². The molecular weight excluding hydrogens is 362 g/mol. The summed E-state index contributed by atoms with van der Waals surface area (Å²) in [7, 11) is 0. The third-order valence-electron chi connectivity index (χ3n) is 3.50. The number of carbonyl (C=O) groups excluding carboxylic acids is 3. The molecule has 28 heavy (non-hydrogen) atoms. The molecule has 0 spiro atoms. The van der Waals surface area contributed by atoms with Crippen LogP contribution in [0.3, 0.4) is 0 Å². The van der Waals surface area contributed by atoms with Gasteiger partial charge in [-0.1, -0.05) is 30.3 Å². The Morgan fingerprint density at radius 3 is 2.11 bits per heavy atom. The van der Waals surface area contributed by atoms with E-state index < -0.39 is 23.3 Å². The van der Waals surface area contributed by atoms with E-state index in [-0.39, 0.29) is 12.5 Å². The average Bonchev–Trinajstić information content (AvgIpc) is 2.58. The SMILES string of the molecule is CC(C)(C)OC(=O)NCCCNC(=O)C(C)(C)NC(=O)OCc1ccccc1. The summed E-state index contributed by atoms with van der Waals surface area (Å²) in [6, 6.07) is 9.27. The first-order chi connectivity index (χ1) is 13.0. The van der Waals surface area contributed by atoms with E-state index in [0.717, 1.165) is 5.56 Å². The van der Waals surface area contributed by atoms with E-state index >= 15 is 0 Å². The summed E-state index contributed by atoms with van der Waals surface area (Å²) < 4.78 is 10.3. The highest BCUT2D eigenvalue weighted by Gasteiger charge is 2.29. The minimum absolute atomic E-state index is 0.126. The van der Waals surface area contributed by atoms with Crippen molar-refractivity contribution in [1.82, 2.24) is 16.0 Å². The van der Waals surface area contributed by atoms with Crippen molar-refractivity contribution in [1.29, 1.82) is 0 Å². The molecule has 156 valence electrons. The first kappa shape index (κ1) is 23.3. The Morgan fingerprint density at radius 2 is 1.50 bits per heavy atom. The monoisotopic (exact) mass is 393 g/mol. The highest BCUT2D eigenvalue weighted by molar-refractivity contribution is 5.89. The molecule has 0 aliphatic carbocycles. The second-order valence-corrected chi connectivity index (χ2v) is 7.85. The second-order valence-electron chi connectivity index (χ2n) is 7.85. The summed E-state index contributed by atoms with van der Waals surface area (Å²) in [5.74, 6) is -0.346. The van der Waals surface area contributed by atoms with Crippen LogP contribution in [0, 0.1) is 0 Å².